The van der Waals surface area contributed by atoms with Gasteiger partial charge in [-0.1, -0.05) is 55.5 Å². The van der Waals surface area contributed by atoms with Gasteiger partial charge in [0.25, 0.3) is 0 Å². The summed E-state index contributed by atoms with van der Waals surface area (Å²) in [6.07, 6.45) is -0.807. The molecule has 1 unspecified atom stereocenters. The minimum absolute atomic E-state index is 0.0261. The normalized spacial score (nSPS) is 14.6. The summed E-state index contributed by atoms with van der Waals surface area (Å²) in [5, 5.41) is 12.8. The molecule has 2 amide bonds. The van der Waals surface area contributed by atoms with Crippen molar-refractivity contribution in [1.29, 1.82) is 0 Å². The largest absolute Gasteiger partial charge is 0.477 e. The van der Waals surface area contributed by atoms with Crippen LogP contribution in [0.2, 0.25) is 0 Å². The molecule has 7 nitrogen and oxygen atoms in total. The number of ether oxygens (including phenoxy) is 1. The minimum Gasteiger partial charge on any atom is -0.477 e. The van der Waals surface area contributed by atoms with Gasteiger partial charge in [0, 0.05) is 5.92 Å². The van der Waals surface area contributed by atoms with Crippen molar-refractivity contribution in [3.8, 4) is 11.1 Å². The highest BCUT2D eigenvalue weighted by Gasteiger charge is 2.42. The Morgan fingerprint density at radius 1 is 1.03 bits per heavy atom. The maximum absolute atomic E-state index is 13.3. The van der Waals surface area contributed by atoms with Crippen molar-refractivity contribution in [1.82, 2.24) is 10.6 Å². The summed E-state index contributed by atoms with van der Waals surface area (Å²) >= 11 is 0. The number of carbonyl (C=O) groups is 3. The van der Waals surface area contributed by atoms with Gasteiger partial charge in [0.15, 0.2) is 0 Å². The van der Waals surface area contributed by atoms with Crippen molar-refractivity contribution in [2.45, 2.75) is 37.6 Å². The zero-order chi connectivity index (χ0) is 23.5. The first-order valence-corrected chi connectivity index (χ1v) is 10.1. The molecule has 0 aromatic heterocycles. The monoisotopic (exact) mass is 446 g/mol. The summed E-state index contributed by atoms with van der Waals surface area (Å²) in [4.78, 5) is 35.4. The van der Waals surface area contributed by atoms with Crippen LogP contribution in [-0.4, -0.2) is 47.7 Å². The Labute approximate surface area is 183 Å². The summed E-state index contributed by atoms with van der Waals surface area (Å²) in [6, 6.07) is 15.6. The molecule has 0 aliphatic heterocycles. The lowest BCUT2D eigenvalue weighted by atomic mass is 9.97. The molecule has 1 atom stereocenters. The number of benzene rings is 2. The third kappa shape index (κ3) is 4.56. The Balaban J connectivity index is 1.65. The number of alkyl carbamates (subject to hydrolysis) is 1. The first kappa shape index (κ1) is 23.2. The fraction of sp³-hybridized carbons (Fsp3) is 0.348. The number of nitrogens with one attached hydrogen (secondary N) is 2. The van der Waals surface area contributed by atoms with Crippen molar-refractivity contribution in [2.75, 3.05) is 13.2 Å². The van der Waals surface area contributed by atoms with E-state index in [1.54, 1.807) is 6.92 Å². The maximum atomic E-state index is 13.3. The van der Waals surface area contributed by atoms with Gasteiger partial charge in [-0.3, -0.25) is 4.79 Å². The molecule has 1 aliphatic rings. The second kappa shape index (κ2) is 8.94. The van der Waals surface area contributed by atoms with Crippen LogP contribution in [0.4, 0.5) is 13.6 Å². The maximum Gasteiger partial charge on any atom is 0.408 e. The van der Waals surface area contributed by atoms with E-state index in [0.29, 0.717) is 0 Å². The molecule has 0 bridgehead atoms. The number of alkyl halides is 2. The summed E-state index contributed by atoms with van der Waals surface area (Å²) in [6.45, 7) is 1.57. The Kier molecular flexibility index (Phi) is 6.47. The lowest BCUT2D eigenvalue weighted by Gasteiger charge is -2.28. The molecule has 1 aliphatic carbocycles. The van der Waals surface area contributed by atoms with Crippen molar-refractivity contribution in [3.05, 3.63) is 59.7 Å². The van der Waals surface area contributed by atoms with E-state index in [4.69, 9.17) is 9.84 Å². The molecule has 0 fully saturated rings. The van der Waals surface area contributed by atoms with Gasteiger partial charge in [-0.25, -0.2) is 9.59 Å². The van der Waals surface area contributed by atoms with Gasteiger partial charge in [-0.15, -0.1) is 0 Å². The van der Waals surface area contributed by atoms with Gasteiger partial charge in [0.2, 0.25) is 5.91 Å². The van der Waals surface area contributed by atoms with E-state index in [-0.39, 0.29) is 18.9 Å². The number of carbonyl (C=O) groups excluding carboxylic acids is 2. The zero-order valence-corrected chi connectivity index (χ0v) is 17.7. The topological polar surface area (TPSA) is 105 Å². The average Bonchev–Trinajstić information content (AvgIpc) is 3.09. The second-order valence-electron chi connectivity index (χ2n) is 7.83. The van der Waals surface area contributed by atoms with Gasteiger partial charge in [0.1, 0.15) is 12.1 Å². The first-order chi connectivity index (χ1) is 15.1. The molecule has 0 saturated carbocycles. The SMILES string of the molecule is CCC(C)(NC(=O)OCC1c2ccccc2-c2ccccc21)C(=O)NCC(F)(F)C(=O)O. The van der Waals surface area contributed by atoms with E-state index in [0.717, 1.165) is 22.3 Å². The third-order valence-electron chi connectivity index (χ3n) is 5.71. The molecule has 9 heteroatoms. The average molecular weight is 446 g/mol. The summed E-state index contributed by atoms with van der Waals surface area (Å²) in [5.74, 6) is -7.58. The summed E-state index contributed by atoms with van der Waals surface area (Å²) in [7, 11) is 0. The summed E-state index contributed by atoms with van der Waals surface area (Å²) < 4.78 is 31.9. The Morgan fingerprint density at radius 3 is 2.06 bits per heavy atom. The molecular weight excluding hydrogens is 422 g/mol. The fourth-order valence-electron chi connectivity index (χ4n) is 3.63. The van der Waals surface area contributed by atoms with Gasteiger partial charge in [-0.2, -0.15) is 8.78 Å². The molecule has 32 heavy (non-hydrogen) atoms. The van der Waals surface area contributed by atoms with Crippen LogP contribution in [0, 0.1) is 0 Å². The number of halogens is 2. The van der Waals surface area contributed by atoms with Crippen LogP contribution in [-0.2, 0) is 14.3 Å². The number of rotatable bonds is 8. The molecule has 0 spiro atoms. The first-order valence-electron chi connectivity index (χ1n) is 10.1. The Hall–Kier alpha value is -3.49. The number of amides is 2. The highest BCUT2D eigenvalue weighted by Crippen LogP contribution is 2.44. The van der Waals surface area contributed by atoms with Crippen LogP contribution in [0.25, 0.3) is 11.1 Å². The highest BCUT2D eigenvalue weighted by molar-refractivity contribution is 5.90. The zero-order valence-electron chi connectivity index (χ0n) is 17.7. The van der Waals surface area contributed by atoms with E-state index in [1.807, 2.05) is 53.8 Å². The molecule has 0 saturated heterocycles. The van der Waals surface area contributed by atoms with Gasteiger partial charge >= 0.3 is 18.0 Å². The molecule has 2 aromatic carbocycles. The molecule has 0 radical (unpaired) electrons. The van der Waals surface area contributed by atoms with Crippen molar-refractivity contribution in [2.24, 2.45) is 0 Å². The van der Waals surface area contributed by atoms with E-state index < -0.39 is 36.0 Å². The predicted octanol–water partition coefficient (Wildman–Crippen LogP) is 3.53. The number of hydrogen-bond donors (Lipinski definition) is 3. The lowest BCUT2D eigenvalue weighted by molar-refractivity contribution is -0.164. The Bertz CT molecular complexity index is 997. The molecule has 0 heterocycles. The number of aliphatic carboxylic acids is 1. The van der Waals surface area contributed by atoms with Gasteiger partial charge in [-0.05, 0) is 35.6 Å². The fourth-order valence-corrected chi connectivity index (χ4v) is 3.63. The second-order valence-corrected chi connectivity index (χ2v) is 7.83. The predicted molar refractivity (Wildman–Crippen MR) is 112 cm³/mol. The van der Waals surface area contributed by atoms with Crippen LogP contribution < -0.4 is 10.6 Å². The number of hydrogen-bond acceptors (Lipinski definition) is 4. The van der Waals surface area contributed by atoms with Crippen LogP contribution in [0.1, 0.15) is 37.3 Å². The van der Waals surface area contributed by atoms with Crippen LogP contribution in [0.3, 0.4) is 0 Å². The standard InChI is InChI=1S/C23H24F2N2O5/c1-3-22(2,19(28)26-13-23(24,25)20(29)30)27-21(31)32-12-18-16-10-6-4-8-14(16)15-9-5-7-11-17(15)18/h4-11,18H,3,12-13H2,1-2H3,(H,26,28)(H,27,31)(H,29,30). The molecule has 3 rings (SSSR count). The van der Waals surface area contributed by atoms with Gasteiger partial charge < -0.3 is 20.5 Å². The number of carboxylic acid groups (broad SMARTS) is 1. The van der Waals surface area contributed by atoms with Crippen molar-refractivity contribution in [3.63, 3.8) is 0 Å². The number of fused-ring (bicyclic) bond motifs is 3. The lowest BCUT2D eigenvalue weighted by Crippen LogP contribution is -2.58. The molecule has 2 aromatic rings. The molecular formula is C23H24F2N2O5. The summed E-state index contributed by atoms with van der Waals surface area (Å²) in [5.41, 5.74) is 2.61. The Morgan fingerprint density at radius 2 is 1.56 bits per heavy atom. The van der Waals surface area contributed by atoms with Crippen LogP contribution >= 0.6 is 0 Å². The van der Waals surface area contributed by atoms with E-state index in [2.05, 4.69) is 5.32 Å². The van der Waals surface area contributed by atoms with Crippen molar-refractivity contribution >= 4 is 18.0 Å². The quantitative estimate of drug-likeness (QED) is 0.576. The van der Waals surface area contributed by atoms with Crippen molar-refractivity contribution < 1.29 is 33.0 Å². The highest BCUT2D eigenvalue weighted by atomic mass is 19.3. The van der Waals surface area contributed by atoms with E-state index in [1.165, 1.54) is 6.92 Å². The van der Waals surface area contributed by atoms with E-state index in [9.17, 15) is 23.2 Å². The van der Waals surface area contributed by atoms with Crippen LogP contribution in [0.5, 0.6) is 0 Å². The molecule has 170 valence electrons. The minimum atomic E-state index is -4.12. The van der Waals surface area contributed by atoms with E-state index >= 15 is 0 Å². The molecule has 3 N–H and O–H groups in total. The van der Waals surface area contributed by atoms with Gasteiger partial charge in [0.05, 0.1) is 6.54 Å². The third-order valence-corrected chi connectivity index (χ3v) is 5.71. The van der Waals surface area contributed by atoms with Crippen LogP contribution in [0.15, 0.2) is 48.5 Å². The smallest absolute Gasteiger partial charge is 0.408 e. The number of carboxylic acids is 1.